The van der Waals surface area contributed by atoms with E-state index in [1.807, 2.05) is 26.0 Å². The Morgan fingerprint density at radius 2 is 1.96 bits per heavy atom. The molecule has 0 bridgehead atoms. The fourth-order valence-corrected chi connectivity index (χ4v) is 4.02. The number of anilines is 1. The highest BCUT2D eigenvalue weighted by Gasteiger charge is 2.15. The topological polar surface area (TPSA) is 76.6 Å². The van der Waals surface area contributed by atoms with E-state index in [9.17, 15) is 4.79 Å². The maximum absolute atomic E-state index is 12.4. The normalized spacial score (nSPS) is 10.5. The molecule has 0 fully saturated rings. The first-order valence-corrected chi connectivity index (χ1v) is 9.94. The molecule has 0 aliphatic heterocycles. The Labute approximate surface area is 162 Å². The van der Waals surface area contributed by atoms with E-state index in [0.29, 0.717) is 23.8 Å². The Bertz CT molecular complexity index is 752. The SMILES string of the molecule is CCNc1nnc(SCC(=O)N(C)Cc2cc(OC)c(OC)cc2C)s1. The molecule has 2 aromatic rings. The lowest BCUT2D eigenvalue weighted by Gasteiger charge is -2.19. The van der Waals surface area contributed by atoms with Crippen molar-refractivity contribution in [3.63, 3.8) is 0 Å². The molecule has 0 radical (unpaired) electrons. The van der Waals surface area contributed by atoms with Crippen LogP contribution in [0, 0.1) is 6.92 Å². The average Bonchev–Trinajstić information content (AvgIpc) is 3.08. The van der Waals surface area contributed by atoms with Crippen molar-refractivity contribution in [3.8, 4) is 11.5 Å². The minimum Gasteiger partial charge on any atom is -0.493 e. The van der Waals surface area contributed by atoms with Gasteiger partial charge in [-0.2, -0.15) is 0 Å². The number of hydrogen-bond donors (Lipinski definition) is 1. The van der Waals surface area contributed by atoms with Crippen molar-refractivity contribution in [2.24, 2.45) is 0 Å². The largest absolute Gasteiger partial charge is 0.493 e. The predicted octanol–water partition coefficient (Wildman–Crippen LogP) is 3.05. The number of ether oxygens (including phenoxy) is 2. The number of rotatable bonds is 9. The van der Waals surface area contributed by atoms with Crippen LogP contribution in [0.5, 0.6) is 11.5 Å². The van der Waals surface area contributed by atoms with Gasteiger partial charge in [-0.15, -0.1) is 10.2 Å². The van der Waals surface area contributed by atoms with Gasteiger partial charge < -0.3 is 19.7 Å². The van der Waals surface area contributed by atoms with Crippen LogP contribution in [-0.2, 0) is 11.3 Å². The third kappa shape index (κ3) is 5.25. The zero-order valence-corrected chi connectivity index (χ0v) is 17.3. The zero-order chi connectivity index (χ0) is 19.1. The van der Waals surface area contributed by atoms with Crippen LogP contribution in [0.15, 0.2) is 16.5 Å². The second kappa shape index (κ2) is 9.63. The molecule has 0 unspecified atom stereocenters. The van der Waals surface area contributed by atoms with Crippen molar-refractivity contribution in [1.82, 2.24) is 15.1 Å². The van der Waals surface area contributed by atoms with Crippen LogP contribution >= 0.6 is 23.1 Å². The molecule has 1 N–H and O–H groups in total. The molecule has 9 heteroatoms. The minimum atomic E-state index is 0.0318. The highest BCUT2D eigenvalue weighted by molar-refractivity contribution is 8.01. The highest BCUT2D eigenvalue weighted by Crippen LogP contribution is 2.31. The summed E-state index contributed by atoms with van der Waals surface area (Å²) in [7, 11) is 5.01. The van der Waals surface area contributed by atoms with E-state index >= 15 is 0 Å². The monoisotopic (exact) mass is 396 g/mol. The average molecular weight is 397 g/mol. The molecule has 1 aromatic carbocycles. The third-order valence-corrected chi connectivity index (χ3v) is 5.73. The Balaban J connectivity index is 1.95. The molecule has 142 valence electrons. The molecule has 0 atom stereocenters. The number of aryl methyl sites for hydroxylation is 1. The van der Waals surface area contributed by atoms with Gasteiger partial charge in [-0.25, -0.2) is 0 Å². The molecule has 1 aromatic heterocycles. The summed E-state index contributed by atoms with van der Waals surface area (Å²) >= 11 is 2.86. The Kier molecular flexibility index (Phi) is 7.52. The van der Waals surface area contributed by atoms with Crippen molar-refractivity contribution in [2.75, 3.05) is 38.9 Å². The fraction of sp³-hybridized carbons (Fsp3) is 0.471. The molecule has 0 saturated heterocycles. The molecule has 1 heterocycles. The van der Waals surface area contributed by atoms with Crippen LogP contribution in [-0.4, -0.2) is 54.6 Å². The molecule has 26 heavy (non-hydrogen) atoms. The van der Waals surface area contributed by atoms with Crippen LogP contribution in [0.2, 0.25) is 0 Å². The standard InChI is InChI=1S/C17H24N4O3S2/c1-6-18-16-19-20-17(26-16)25-10-15(22)21(3)9-12-8-14(24-5)13(23-4)7-11(12)2/h7-8H,6,9-10H2,1-5H3,(H,18,19). The molecule has 7 nitrogen and oxygen atoms in total. The van der Waals surface area contributed by atoms with E-state index in [0.717, 1.165) is 27.1 Å². The van der Waals surface area contributed by atoms with Gasteiger partial charge in [0.1, 0.15) is 0 Å². The summed E-state index contributed by atoms with van der Waals surface area (Å²) in [6, 6.07) is 3.84. The molecule has 0 aliphatic rings. The Morgan fingerprint density at radius 3 is 2.62 bits per heavy atom. The van der Waals surface area contributed by atoms with E-state index < -0.39 is 0 Å². The van der Waals surface area contributed by atoms with Gasteiger partial charge in [0.25, 0.3) is 0 Å². The minimum absolute atomic E-state index is 0.0318. The number of carbonyl (C=O) groups is 1. The quantitative estimate of drug-likeness (QED) is 0.653. The number of amides is 1. The number of carbonyl (C=O) groups excluding carboxylic acids is 1. The summed E-state index contributed by atoms with van der Waals surface area (Å²) in [4.78, 5) is 14.1. The number of nitrogens with zero attached hydrogens (tertiary/aromatic N) is 3. The lowest BCUT2D eigenvalue weighted by molar-refractivity contribution is -0.127. The zero-order valence-electron chi connectivity index (χ0n) is 15.7. The van der Waals surface area contributed by atoms with Gasteiger partial charge in [0.05, 0.1) is 20.0 Å². The van der Waals surface area contributed by atoms with Crippen LogP contribution < -0.4 is 14.8 Å². The second-order valence-corrected chi connectivity index (χ2v) is 7.78. The molecular formula is C17H24N4O3S2. The van der Waals surface area contributed by atoms with Crippen molar-refractivity contribution in [2.45, 2.75) is 24.7 Å². The highest BCUT2D eigenvalue weighted by atomic mass is 32.2. The van der Waals surface area contributed by atoms with Crippen LogP contribution in [0.3, 0.4) is 0 Å². The predicted molar refractivity (Wildman–Crippen MR) is 106 cm³/mol. The van der Waals surface area contributed by atoms with Gasteiger partial charge in [-0.05, 0) is 37.1 Å². The summed E-state index contributed by atoms with van der Waals surface area (Å²) in [5.41, 5.74) is 2.07. The van der Waals surface area contributed by atoms with Gasteiger partial charge >= 0.3 is 0 Å². The lowest BCUT2D eigenvalue weighted by Crippen LogP contribution is -2.28. The fourth-order valence-electron chi connectivity index (χ4n) is 2.26. The van der Waals surface area contributed by atoms with E-state index in [-0.39, 0.29) is 5.91 Å². The number of benzene rings is 1. The van der Waals surface area contributed by atoms with E-state index in [4.69, 9.17) is 9.47 Å². The van der Waals surface area contributed by atoms with Crippen LogP contribution in [0.1, 0.15) is 18.1 Å². The number of thioether (sulfide) groups is 1. The van der Waals surface area contributed by atoms with Gasteiger partial charge in [-0.1, -0.05) is 23.1 Å². The first kappa shape index (κ1) is 20.3. The van der Waals surface area contributed by atoms with Crippen LogP contribution in [0.4, 0.5) is 5.13 Å². The summed E-state index contributed by atoms with van der Waals surface area (Å²) < 4.78 is 11.4. The van der Waals surface area contributed by atoms with E-state index in [1.54, 1.807) is 26.2 Å². The number of methoxy groups -OCH3 is 2. The smallest absolute Gasteiger partial charge is 0.233 e. The van der Waals surface area contributed by atoms with E-state index in [1.165, 1.54) is 23.1 Å². The van der Waals surface area contributed by atoms with Gasteiger partial charge in [0.15, 0.2) is 15.8 Å². The maximum Gasteiger partial charge on any atom is 0.233 e. The summed E-state index contributed by atoms with van der Waals surface area (Å²) in [6.45, 7) is 5.30. The first-order valence-electron chi connectivity index (χ1n) is 8.14. The van der Waals surface area contributed by atoms with Crippen molar-refractivity contribution < 1.29 is 14.3 Å². The van der Waals surface area contributed by atoms with Gasteiger partial charge in [0, 0.05) is 20.1 Å². The van der Waals surface area contributed by atoms with Gasteiger partial charge in [-0.3, -0.25) is 4.79 Å². The first-order chi connectivity index (χ1) is 12.5. The number of nitrogens with one attached hydrogen (secondary N) is 1. The van der Waals surface area contributed by atoms with Crippen LogP contribution in [0.25, 0.3) is 0 Å². The lowest BCUT2D eigenvalue weighted by atomic mass is 10.1. The molecular weight excluding hydrogens is 372 g/mol. The summed E-state index contributed by atoms with van der Waals surface area (Å²) in [5.74, 6) is 1.70. The summed E-state index contributed by atoms with van der Waals surface area (Å²) in [5, 5.41) is 12.0. The number of aromatic nitrogens is 2. The maximum atomic E-state index is 12.4. The molecule has 1 amide bonds. The Hall–Kier alpha value is -2.00. The van der Waals surface area contributed by atoms with Crippen molar-refractivity contribution in [3.05, 3.63) is 23.3 Å². The summed E-state index contributed by atoms with van der Waals surface area (Å²) in [6.07, 6.45) is 0. The second-order valence-electron chi connectivity index (χ2n) is 5.58. The molecule has 0 saturated carbocycles. The molecule has 0 spiro atoms. The van der Waals surface area contributed by atoms with E-state index in [2.05, 4.69) is 15.5 Å². The number of hydrogen-bond acceptors (Lipinski definition) is 8. The van der Waals surface area contributed by atoms with Crippen molar-refractivity contribution >= 4 is 34.1 Å². The molecule has 2 rings (SSSR count). The third-order valence-electron chi connectivity index (χ3n) is 3.73. The Morgan fingerprint density at radius 1 is 1.27 bits per heavy atom. The van der Waals surface area contributed by atoms with Gasteiger partial charge in [0.2, 0.25) is 11.0 Å². The van der Waals surface area contributed by atoms with Crippen molar-refractivity contribution in [1.29, 1.82) is 0 Å². The molecule has 0 aliphatic carbocycles.